The van der Waals surface area contributed by atoms with Gasteiger partial charge in [0.05, 0.1) is 5.75 Å². The van der Waals surface area contributed by atoms with Crippen molar-refractivity contribution in [1.29, 1.82) is 0 Å². The van der Waals surface area contributed by atoms with Crippen LogP contribution < -0.4 is 5.43 Å². The molecule has 1 heterocycles. The number of thioether (sulfide) groups is 1. The summed E-state index contributed by atoms with van der Waals surface area (Å²) in [7, 11) is 2.10. The average Bonchev–Trinajstić information content (AvgIpc) is 2.09. The normalized spacial score (nSPS) is 20.2. The van der Waals surface area contributed by atoms with Crippen molar-refractivity contribution >= 4 is 17.7 Å². The predicted octanol–water partition coefficient (Wildman–Crippen LogP) is -0.372. The van der Waals surface area contributed by atoms with E-state index in [2.05, 4.69) is 17.4 Å². The van der Waals surface area contributed by atoms with E-state index in [1.165, 1.54) is 0 Å². The van der Waals surface area contributed by atoms with Gasteiger partial charge in [0.15, 0.2) is 0 Å². The van der Waals surface area contributed by atoms with Crippen molar-refractivity contribution in [3.63, 3.8) is 0 Å². The van der Waals surface area contributed by atoms with Crippen LogP contribution in [0, 0.1) is 0 Å². The first-order valence-electron chi connectivity index (χ1n) is 4.44. The Hall–Kier alpha value is -0.260. The van der Waals surface area contributed by atoms with Crippen molar-refractivity contribution in [3.05, 3.63) is 0 Å². The molecule has 0 aromatic heterocycles. The molecule has 0 aromatic carbocycles. The van der Waals surface area contributed by atoms with Gasteiger partial charge in [-0.3, -0.25) is 10.2 Å². The Labute approximate surface area is 83.6 Å². The number of piperazine rings is 1. The minimum atomic E-state index is 0.108. The molecule has 1 amide bonds. The fraction of sp³-hybridized carbons (Fsp3) is 0.875. The maximum Gasteiger partial charge on any atom is 0.244 e. The third-order valence-electron chi connectivity index (χ3n) is 2.06. The van der Waals surface area contributed by atoms with E-state index in [0.717, 1.165) is 26.2 Å². The van der Waals surface area contributed by atoms with Gasteiger partial charge >= 0.3 is 0 Å². The van der Waals surface area contributed by atoms with Crippen molar-refractivity contribution in [2.75, 3.05) is 45.2 Å². The highest BCUT2D eigenvalue weighted by atomic mass is 32.2. The van der Waals surface area contributed by atoms with Gasteiger partial charge in [-0.05, 0) is 13.3 Å². The monoisotopic (exact) mass is 203 g/mol. The minimum absolute atomic E-state index is 0.108. The SMILES string of the molecule is CSCC(=O)NN1CCN(C)CC1. The fourth-order valence-corrected chi connectivity index (χ4v) is 1.58. The lowest BCUT2D eigenvalue weighted by Gasteiger charge is -2.32. The molecule has 1 fully saturated rings. The molecule has 0 saturated carbocycles. The van der Waals surface area contributed by atoms with Crippen LogP contribution in [0.3, 0.4) is 0 Å². The van der Waals surface area contributed by atoms with Gasteiger partial charge in [-0.2, -0.15) is 11.8 Å². The molecule has 5 heteroatoms. The number of carbonyl (C=O) groups is 1. The van der Waals surface area contributed by atoms with Crippen LogP contribution in [0.2, 0.25) is 0 Å². The molecular weight excluding hydrogens is 186 g/mol. The van der Waals surface area contributed by atoms with E-state index in [1.807, 2.05) is 11.3 Å². The maximum absolute atomic E-state index is 11.2. The summed E-state index contributed by atoms with van der Waals surface area (Å²) in [4.78, 5) is 13.5. The lowest BCUT2D eigenvalue weighted by Crippen LogP contribution is -2.52. The summed E-state index contributed by atoms with van der Waals surface area (Å²) in [6.07, 6.45) is 1.93. The lowest BCUT2D eigenvalue weighted by atomic mass is 10.4. The van der Waals surface area contributed by atoms with E-state index < -0.39 is 0 Å². The largest absolute Gasteiger partial charge is 0.304 e. The standard InChI is InChI=1S/C8H17N3OS/c1-10-3-5-11(6-4-10)9-8(12)7-13-2/h3-7H2,1-2H3,(H,9,12). The Balaban J connectivity index is 2.18. The minimum Gasteiger partial charge on any atom is -0.304 e. The number of likely N-dealkylation sites (N-methyl/N-ethyl adjacent to an activating group) is 1. The van der Waals surface area contributed by atoms with E-state index in [-0.39, 0.29) is 5.91 Å². The van der Waals surface area contributed by atoms with Crippen LogP contribution in [0.15, 0.2) is 0 Å². The molecule has 1 aliphatic rings. The highest BCUT2D eigenvalue weighted by molar-refractivity contribution is 7.99. The summed E-state index contributed by atoms with van der Waals surface area (Å²) in [5.74, 6) is 0.656. The molecule has 0 atom stereocenters. The molecular formula is C8H17N3OS. The molecule has 1 rings (SSSR count). The first kappa shape index (κ1) is 10.8. The van der Waals surface area contributed by atoms with E-state index in [1.54, 1.807) is 11.8 Å². The van der Waals surface area contributed by atoms with Crippen molar-refractivity contribution < 1.29 is 4.79 Å². The third kappa shape index (κ3) is 3.97. The molecule has 13 heavy (non-hydrogen) atoms. The molecule has 0 unspecified atom stereocenters. The smallest absolute Gasteiger partial charge is 0.244 e. The number of hydrogen-bond acceptors (Lipinski definition) is 4. The first-order chi connectivity index (χ1) is 6.22. The zero-order valence-electron chi connectivity index (χ0n) is 8.25. The third-order valence-corrected chi connectivity index (χ3v) is 2.61. The number of nitrogens with one attached hydrogen (secondary N) is 1. The molecule has 0 aromatic rings. The summed E-state index contributed by atoms with van der Waals surface area (Å²) in [6, 6.07) is 0. The molecule has 1 N–H and O–H groups in total. The van der Waals surface area contributed by atoms with E-state index in [9.17, 15) is 4.79 Å². The van der Waals surface area contributed by atoms with Crippen LogP contribution in [-0.2, 0) is 4.79 Å². The van der Waals surface area contributed by atoms with Gasteiger partial charge in [0.25, 0.3) is 0 Å². The predicted molar refractivity (Wildman–Crippen MR) is 55.6 cm³/mol. The Morgan fingerprint density at radius 3 is 2.54 bits per heavy atom. The first-order valence-corrected chi connectivity index (χ1v) is 5.83. The fourth-order valence-electron chi connectivity index (χ4n) is 1.26. The number of hydrogen-bond donors (Lipinski definition) is 1. The highest BCUT2D eigenvalue weighted by Gasteiger charge is 2.14. The number of hydrazine groups is 1. The van der Waals surface area contributed by atoms with Gasteiger partial charge in [0.2, 0.25) is 5.91 Å². The van der Waals surface area contributed by atoms with E-state index in [4.69, 9.17) is 0 Å². The number of carbonyl (C=O) groups excluding carboxylic acids is 1. The summed E-state index contributed by atoms with van der Waals surface area (Å²) < 4.78 is 0. The average molecular weight is 203 g/mol. The molecule has 0 aliphatic carbocycles. The Bertz CT molecular complexity index is 169. The summed E-state index contributed by atoms with van der Waals surface area (Å²) in [6.45, 7) is 3.91. The second-order valence-electron chi connectivity index (χ2n) is 3.26. The van der Waals surface area contributed by atoms with Gasteiger partial charge < -0.3 is 4.90 Å². The van der Waals surface area contributed by atoms with E-state index in [0.29, 0.717) is 5.75 Å². The molecule has 0 spiro atoms. The van der Waals surface area contributed by atoms with Crippen LogP contribution in [-0.4, -0.2) is 61.1 Å². The lowest BCUT2D eigenvalue weighted by molar-refractivity contribution is -0.124. The number of rotatable bonds is 3. The van der Waals surface area contributed by atoms with Gasteiger partial charge in [0.1, 0.15) is 0 Å². The van der Waals surface area contributed by atoms with Gasteiger partial charge in [-0.1, -0.05) is 0 Å². The molecule has 4 nitrogen and oxygen atoms in total. The summed E-state index contributed by atoms with van der Waals surface area (Å²) in [5.41, 5.74) is 2.89. The highest BCUT2D eigenvalue weighted by Crippen LogP contribution is 1.96. The number of amides is 1. The van der Waals surface area contributed by atoms with Crippen LogP contribution in [0.1, 0.15) is 0 Å². The second-order valence-corrected chi connectivity index (χ2v) is 4.12. The Morgan fingerprint density at radius 1 is 1.38 bits per heavy atom. The van der Waals surface area contributed by atoms with Crippen molar-refractivity contribution in [1.82, 2.24) is 15.3 Å². The van der Waals surface area contributed by atoms with Crippen LogP contribution >= 0.6 is 11.8 Å². The number of nitrogens with zero attached hydrogens (tertiary/aromatic N) is 2. The van der Waals surface area contributed by atoms with Crippen molar-refractivity contribution in [3.8, 4) is 0 Å². The van der Waals surface area contributed by atoms with Crippen molar-refractivity contribution in [2.24, 2.45) is 0 Å². The zero-order chi connectivity index (χ0) is 9.68. The topological polar surface area (TPSA) is 35.6 Å². The summed E-state index contributed by atoms with van der Waals surface area (Å²) in [5, 5.41) is 2.00. The Morgan fingerprint density at radius 2 is 2.00 bits per heavy atom. The van der Waals surface area contributed by atoms with Crippen LogP contribution in [0.4, 0.5) is 0 Å². The molecule has 1 aliphatic heterocycles. The van der Waals surface area contributed by atoms with Gasteiger partial charge in [0, 0.05) is 26.2 Å². The maximum atomic E-state index is 11.2. The van der Waals surface area contributed by atoms with Crippen molar-refractivity contribution in [2.45, 2.75) is 0 Å². The van der Waals surface area contributed by atoms with Gasteiger partial charge in [-0.25, -0.2) is 5.01 Å². The van der Waals surface area contributed by atoms with Crippen LogP contribution in [0.5, 0.6) is 0 Å². The van der Waals surface area contributed by atoms with Gasteiger partial charge in [-0.15, -0.1) is 0 Å². The van der Waals surface area contributed by atoms with E-state index >= 15 is 0 Å². The molecule has 1 saturated heterocycles. The summed E-state index contributed by atoms with van der Waals surface area (Å²) >= 11 is 1.55. The second kappa shape index (κ2) is 5.47. The zero-order valence-corrected chi connectivity index (χ0v) is 9.06. The molecule has 0 bridgehead atoms. The van der Waals surface area contributed by atoms with Crippen LogP contribution in [0.25, 0.3) is 0 Å². The molecule has 76 valence electrons. The Kier molecular flexibility index (Phi) is 4.55. The quantitative estimate of drug-likeness (QED) is 0.679. The molecule has 0 radical (unpaired) electrons.